The Morgan fingerprint density at radius 1 is 1.20 bits per heavy atom. The highest BCUT2D eigenvalue weighted by molar-refractivity contribution is 5.83. The number of carbonyl (C=O) groups is 1. The largest absolute Gasteiger partial charge is 0.491 e. The number of pyridine rings is 1. The third kappa shape index (κ3) is 4.75. The number of likely N-dealkylation sites (N-methyl/N-ethyl adjacent to an activating group) is 1. The lowest BCUT2D eigenvalue weighted by atomic mass is 10.1. The quantitative estimate of drug-likeness (QED) is 0.539. The molecule has 184 valence electrons. The number of ether oxygens (including phenoxy) is 2. The van der Waals surface area contributed by atoms with Crippen molar-refractivity contribution in [1.82, 2.24) is 9.47 Å². The highest BCUT2D eigenvalue weighted by Gasteiger charge is 2.27. The average Bonchev–Trinajstić information content (AvgIpc) is 3.55. The van der Waals surface area contributed by atoms with E-state index in [1.54, 1.807) is 49.3 Å². The number of aromatic nitrogens is 1. The lowest BCUT2D eigenvalue weighted by molar-refractivity contribution is -0.129. The van der Waals surface area contributed by atoms with Gasteiger partial charge in [0.1, 0.15) is 18.2 Å². The minimum absolute atomic E-state index is 0.0237. The number of amides is 1. The van der Waals surface area contributed by atoms with Gasteiger partial charge in [0, 0.05) is 50.9 Å². The molecule has 0 spiro atoms. The number of anilines is 1. The third-order valence-corrected chi connectivity index (χ3v) is 7.10. The van der Waals surface area contributed by atoms with E-state index in [1.165, 1.54) is 10.6 Å². The number of benzene rings is 2. The van der Waals surface area contributed by atoms with E-state index in [9.17, 15) is 9.59 Å². The minimum atomic E-state index is -0.469. The number of nitrogens with zero attached hydrogens (tertiary/aromatic N) is 3. The molecule has 2 saturated heterocycles. The van der Waals surface area contributed by atoms with Crippen molar-refractivity contribution in [1.29, 1.82) is 0 Å². The second kappa shape index (κ2) is 9.70. The summed E-state index contributed by atoms with van der Waals surface area (Å²) in [5, 5.41) is 1.24. The first kappa shape index (κ1) is 23.4. The maximum atomic E-state index is 15.2. The fraction of sp³-hybridized carbons (Fsp3) is 0.407. The van der Waals surface area contributed by atoms with Crippen molar-refractivity contribution in [2.75, 3.05) is 38.3 Å². The second-order valence-corrected chi connectivity index (χ2v) is 9.34. The Balaban J connectivity index is 1.35. The number of hydrogen-bond donors (Lipinski definition) is 0. The Bertz CT molecular complexity index is 1300. The number of fused-ring (bicyclic) bond motifs is 1. The van der Waals surface area contributed by atoms with Crippen LogP contribution in [0.5, 0.6) is 5.75 Å². The van der Waals surface area contributed by atoms with Crippen LogP contribution in [0.15, 0.2) is 53.5 Å². The molecular formula is C27H30FN3O4. The van der Waals surface area contributed by atoms with Gasteiger partial charge in [0.15, 0.2) is 0 Å². The van der Waals surface area contributed by atoms with Crippen molar-refractivity contribution >= 4 is 22.4 Å². The van der Waals surface area contributed by atoms with Gasteiger partial charge in [0.25, 0.3) is 5.56 Å². The van der Waals surface area contributed by atoms with Crippen molar-refractivity contribution < 1.29 is 18.7 Å². The van der Waals surface area contributed by atoms with Gasteiger partial charge in [-0.1, -0.05) is 0 Å². The molecule has 0 aliphatic carbocycles. The Morgan fingerprint density at radius 3 is 2.80 bits per heavy atom. The molecular weight excluding hydrogens is 449 g/mol. The summed E-state index contributed by atoms with van der Waals surface area (Å²) in [6, 6.07) is 12.2. The molecule has 1 unspecified atom stereocenters. The summed E-state index contributed by atoms with van der Waals surface area (Å²) in [6.45, 7) is 4.22. The fourth-order valence-electron chi connectivity index (χ4n) is 4.91. The van der Waals surface area contributed by atoms with Crippen molar-refractivity contribution in [2.24, 2.45) is 0 Å². The molecule has 2 fully saturated rings. The third-order valence-electron chi connectivity index (χ3n) is 7.10. The van der Waals surface area contributed by atoms with E-state index in [0.717, 1.165) is 43.5 Å². The molecule has 0 radical (unpaired) electrons. The van der Waals surface area contributed by atoms with Gasteiger partial charge in [-0.3, -0.25) is 14.2 Å². The summed E-state index contributed by atoms with van der Waals surface area (Å²) in [7, 11) is 1.80. The number of hydrogen-bond acceptors (Lipinski definition) is 5. The molecule has 35 heavy (non-hydrogen) atoms. The monoisotopic (exact) mass is 479 g/mol. The Kier molecular flexibility index (Phi) is 6.47. The van der Waals surface area contributed by atoms with Gasteiger partial charge in [-0.15, -0.1) is 0 Å². The predicted molar refractivity (Wildman–Crippen MR) is 133 cm³/mol. The number of rotatable bonds is 6. The van der Waals surface area contributed by atoms with Crippen LogP contribution in [0.25, 0.3) is 16.5 Å². The normalized spacial score (nSPS) is 19.9. The highest BCUT2D eigenvalue weighted by atomic mass is 19.1. The van der Waals surface area contributed by atoms with Crippen molar-refractivity contribution in [3.05, 3.63) is 64.8 Å². The summed E-state index contributed by atoms with van der Waals surface area (Å²) in [4.78, 5) is 28.6. The second-order valence-electron chi connectivity index (χ2n) is 9.34. The predicted octanol–water partition coefficient (Wildman–Crippen LogP) is 3.74. The van der Waals surface area contributed by atoms with Crippen LogP contribution in [0.1, 0.15) is 26.2 Å². The first-order valence-electron chi connectivity index (χ1n) is 12.1. The molecule has 2 aliphatic rings. The fourth-order valence-corrected chi connectivity index (χ4v) is 4.91. The molecule has 1 aromatic heterocycles. The molecule has 1 amide bonds. The summed E-state index contributed by atoms with van der Waals surface area (Å²) >= 11 is 0. The SMILES string of the molecule is CC(=O)N(C)C1CCN(c2ccc(-n3ccc4cc(OC[C@@H]5CCCO5)ccc4c3=O)c(F)c2)C1. The Labute approximate surface area is 203 Å². The van der Waals surface area contributed by atoms with E-state index in [2.05, 4.69) is 4.90 Å². The maximum absolute atomic E-state index is 15.2. The van der Waals surface area contributed by atoms with Crippen LogP contribution >= 0.6 is 0 Å². The molecule has 0 N–H and O–H groups in total. The van der Waals surface area contributed by atoms with E-state index in [-0.39, 0.29) is 29.3 Å². The molecule has 3 aromatic rings. The van der Waals surface area contributed by atoms with Gasteiger partial charge >= 0.3 is 0 Å². The van der Waals surface area contributed by atoms with Crippen LogP contribution < -0.4 is 15.2 Å². The van der Waals surface area contributed by atoms with Crippen LogP contribution in [0, 0.1) is 5.82 Å². The summed E-state index contributed by atoms with van der Waals surface area (Å²) in [5.41, 5.74) is 0.660. The topological polar surface area (TPSA) is 64.0 Å². The molecule has 0 bridgehead atoms. The first-order valence-corrected chi connectivity index (χ1v) is 12.1. The zero-order chi connectivity index (χ0) is 24.5. The highest BCUT2D eigenvalue weighted by Crippen LogP contribution is 2.27. The number of halogens is 1. The lowest BCUT2D eigenvalue weighted by Crippen LogP contribution is -2.37. The zero-order valence-corrected chi connectivity index (χ0v) is 20.1. The van der Waals surface area contributed by atoms with Gasteiger partial charge in [-0.25, -0.2) is 4.39 Å². The average molecular weight is 480 g/mol. The Morgan fingerprint density at radius 2 is 2.06 bits per heavy atom. The van der Waals surface area contributed by atoms with E-state index >= 15 is 4.39 Å². The molecule has 8 heteroatoms. The van der Waals surface area contributed by atoms with Crippen molar-refractivity contribution in [3.63, 3.8) is 0 Å². The van der Waals surface area contributed by atoms with Gasteiger partial charge in [0.2, 0.25) is 5.91 Å². The van der Waals surface area contributed by atoms with Crippen LogP contribution in [-0.4, -0.2) is 60.9 Å². The Hall–Kier alpha value is -3.39. The van der Waals surface area contributed by atoms with E-state index in [0.29, 0.717) is 24.3 Å². The van der Waals surface area contributed by atoms with E-state index in [1.807, 2.05) is 12.1 Å². The molecule has 7 nitrogen and oxygen atoms in total. The van der Waals surface area contributed by atoms with Crippen LogP contribution in [-0.2, 0) is 9.53 Å². The maximum Gasteiger partial charge on any atom is 0.263 e. The van der Waals surface area contributed by atoms with Crippen LogP contribution in [0.4, 0.5) is 10.1 Å². The summed E-state index contributed by atoms with van der Waals surface area (Å²) in [5.74, 6) is 0.236. The smallest absolute Gasteiger partial charge is 0.263 e. The van der Waals surface area contributed by atoms with Crippen molar-refractivity contribution in [2.45, 2.75) is 38.3 Å². The first-order chi connectivity index (χ1) is 16.9. The zero-order valence-electron chi connectivity index (χ0n) is 20.1. The molecule has 5 rings (SSSR count). The summed E-state index contributed by atoms with van der Waals surface area (Å²) < 4.78 is 28.0. The lowest BCUT2D eigenvalue weighted by Gasteiger charge is -2.24. The van der Waals surface area contributed by atoms with Crippen LogP contribution in [0.3, 0.4) is 0 Å². The van der Waals surface area contributed by atoms with E-state index < -0.39 is 5.82 Å². The van der Waals surface area contributed by atoms with Crippen molar-refractivity contribution in [3.8, 4) is 11.4 Å². The number of carbonyl (C=O) groups excluding carboxylic acids is 1. The van der Waals surface area contributed by atoms with Gasteiger partial charge in [-0.05, 0) is 67.1 Å². The molecule has 2 aromatic carbocycles. The van der Waals surface area contributed by atoms with Gasteiger partial charge < -0.3 is 19.3 Å². The molecule has 2 aliphatic heterocycles. The van der Waals surface area contributed by atoms with E-state index in [4.69, 9.17) is 9.47 Å². The molecule has 3 heterocycles. The van der Waals surface area contributed by atoms with Gasteiger partial charge in [0.05, 0.1) is 17.8 Å². The van der Waals surface area contributed by atoms with Gasteiger partial charge in [-0.2, -0.15) is 0 Å². The molecule has 2 atom stereocenters. The van der Waals surface area contributed by atoms with Crippen LogP contribution in [0.2, 0.25) is 0 Å². The summed E-state index contributed by atoms with van der Waals surface area (Å²) in [6.07, 6.45) is 4.60. The molecule has 0 saturated carbocycles. The standard InChI is InChI=1S/C27H30FN3O4/c1-18(32)29(2)21-10-11-30(16-21)20-5-8-26(25(28)15-20)31-12-9-19-14-22(6-7-24(19)27(31)33)35-17-23-4-3-13-34-23/h5-9,12,14-15,21,23H,3-4,10-11,13,16-17H2,1-2H3/t21?,23-/m0/s1. The minimum Gasteiger partial charge on any atom is -0.491 e.